The lowest BCUT2D eigenvalue weighted by Gasteiger charge is -2.44. The van der Waals surface area contributed by atoms with E-state index < -0.39 is 32.0 Å². The van der Waals surface area contributed by atoms with E-state index in [-0.39, 0.29) is 63.8 Å². The van der Waals surface area contributed by atoms with Crippen LogP contribution in [0.3, 0.4) is 0 Å². The summed E-state index contributed by atoms with van der Waals surface area (Å²) in [6.07, 6.45) is 2.67. The zero-order valence-electron chi connectivity index (χ0n) is 19.8. The van der Waals surface area contributed by atoms with Gasteiger partial charge in [0.15, 0.2) is 5.84 Å². The monoisotopic (exact) mass is 561 g/mol. The fraction of sp³-hybridized carbons (Fsp3) is 0.333. The van der Waals surface area contributed by atoms with E-state index in [4.69, 9.17) is 5.14 Å². The minimum absolute atomic E-state index is 0.0585. The Balaban J connectivity index is 1.41. The summed E-state index contributed by atoms with van der Waals surface area (Å²) in [5.74, 6) is -1.48. The number of aliphatic hydroxyl groups is 1. The average Bonchev–Trinajstić information content (AvgIpc) is 3.45. The molecule has 2 unspecified atom stereocenters. The number of fused-ring (bicyclic) bond motifs is 6. The van der Waals surface area contributed by atoms with Gasteiger partial charge in [0.1, 0.15) is 22.0 Å². The lowest BCUT2D eigenvalue weighted by Crippen LogP contribution is -2.53. The molecule has 2 aliphatic carbocycles. The quantitative estimate of drug-likeness (QED) is 0.433. The van der Waals surface area contributed by atoms with Gasteiger partial charge in [0.2, 0.25) is 0 Å². The number of nitrogens with two attached hydrogens (primary N) is 1. The second-order valence-corrected chi connectivity index (χ2v) is 12.9. The molecule has 0 spiro atoms. The number of hydrogen-bond donors (Lipinski definition) is 4. The fourth-order valence-corrected chi connectivity index (χ4v) is 7.93. The molecular formula is C24H24FN5O6S2. The molecule has 6 rings (SSSR count). The van der Waals surface area contributed by atoms with E-state index in [1.54, 1.807) is 17.0 Å². The summed E-state index contributed by atoms with van der Waals surface area (Å²) >= 11 is 0. The Kier molecular flexibility index (Phi) is 5.56. The third-order valence-electron chi connectivity index (χ3n) is 7.77. The van der Waals surface area contributed by atoms with E-state index in [2.05, 4.69) is 9.71 Å². The van der Waals surface area contributed by atoms with Crippen LogP contribution in [0.4, 0.5) is 15.8 Å². The summed E-state index contributed by atoms with van der Waals surface area (Å²) in [6.45, 7) is 0.166. The van der Waals surface area contributed by atoms with Crippen molar-refractivity contribution in [3.63, 3.8) is 0 Å². The molecule has 5 N–H and O–H groups in total. The highest BCUT2D eigenvalue weighted by Gasteiger charge is 2.57. The molecule has 2 saturated carbocycles. The maximum absolute atomic E-state index is 13.9. The molecule has 2 heterocycles. The first-order valence-corrected chi connectivity index (χ1v) is 15.0. The number of nitrogens with zero attached hydrogens (tertiary/aromatic N) is 2. The highest BCUT2D eigenvalue weighted by molar-refractivity contribution is 7.91. The van der Waals surface area contributed by atoms with E-state index in [9.17, 15) is 31.1 Å². The normalized spacial score (nSPS) is 27.5. The van der Waals surface area contributed by atoms with Crippen LogP contribution in [0.25, 0.3) is 0 Å². The molecule has 38 heavy (non-hydrogen) atoms. The fourth-order valence-electron chi connectivity index (χ4n) is 6.33. The minimum Gasteiger partial charge on any atom is -0.511 e. The topological polar surface area (TPSA) is 171 Å². The largest absolute Gasteiger partial charge is 0.511 e. The van der Waals surface area contributed by atoms with Gasteiger partial charge in [-0.25, -0.2) is 9.53 Å². The molecule has 2 fully saturated rings. The van der Waals surface area contributed by atoms with E-state index in [0.717, 1.165) is 25.3 Å². The van der Waals surface area contributed by atoms with Crippen LogP contribution in [0.2, 0.25) is 0 Å². The number of carbonyl (C=O) groups excluding carboxylic acids is 1. The molecule has 14 heteroatoms. The van der Waals surface area contributed by atoms with Crippen molar-refractivity contribution >= 4 is 43.4 Å². The van der Waals surface area contributed by atoms with Crippen molar-refractivity contribution in [1.29, 1.82) is 0 Å². The second-order valence-electron chi connectivity index (χ2n) is 10.1. The molecule has 2 aliphatic heterocycles. The Hall–Kier alpha value is -3.49. The van der Waals surface area contributed by atoms with Gasteiger partial charge in [0, 0.05) is 18.5 Å². The van der Waals surface area contributed by atoms with Crippen LogP contribution in [0.15, 0.2) is 63.1 Å². The Morgan fingerprint density at radius 3 is 2.58 bits per heavy atom. The Bertz CT molecular complexity index is 1640. The van der Waals surface area contributed by atoms with Gasteiger partial charge in [-0.2, -0.15) is 16.8 Å². The van der Waals surface area contributed by atoms with Crippen molar-refractivity contribution in [3.05, 3.63) is 65.2 Å². The standard InChI is InChI=1S/C24H24FN5O6S2/c25-15-5-1-12(2-6-15)11-30-21-14-4-3-13(9-14)19(21)22(31)20(24(30)32)23-27-17-8-7-16(28-38(26,35)36)10-18(17)37(33,34)29-23/h1-2,5-8,10,13-14,19,21,28,31H,3-4,9,11H2,(H,27,29)(H2,26,35,36)/t13-,14+,19?,21?/m0/s1. The van der Waals surface area contributed by atoms with Gasteiger partial charge in [-0.1, -0.05) is 12.1 Å². The molecular weight excluding hydrogens is 537 g/mol. The highest BCUT2D eigenvalue weighted by atomic mass is 32.2. The molecule has 1 amide bonds. The number of rotatable bonds is 5. The Morgan fingerprint density at radius 2 is 1.87 bits per heavy atom. The van der Waals surface area contributed by atoms with Gasteiger partial charge in [-0.3, -0.25) is 9.52 Å². The maximum Gasteiger partial charge on any atom is 0.296 e. The van der Waals surface area contributed by atoms with Crippen LogP contribution in [-0.4, -0.2) is 44.6 Å². The molecule has 2 aromatic rings. The zero-order chi connectivity index (χ0) is 27.0. The predicted molar refractivity (Wildman–Crippen MR) is 136 cm³/mol. The lowest BCUT2D eigenvalue weighted by atomic mass is 9.77. The van der Waals surface area contributed by atoms with Gasteiger partial charge in [0.05, 0.1) is 11.4 Å². The third kappa shape index (κ3) is 4.12. The number of carbonyl (C=O) groups is 1. The van der Waals surface area contributed by atoms with Gasteiger partial charge < -0.3 is 15.3 Å². The minimum atomic E-state index is -4.39. The summed E-state index contributed by atoms with van der Waals surface area (Å²) in [6, 6.07) is 9.23. The van der Waals surface area contributed by atoms with Crippen LogP contribution >= 0.6 is 0 Å². The molecule has 4 aliphatic rings. The molecule has 0 aromatic heterocycles. The molecule has 0 radical (unpaired) electrons. The van der Waals surface area contributed by atoms with Gasteiger partial charge >= 0.3 is 0 Å². The molecule has 0 saturated heterocycles. The first-order valence-electron chi connectivity index (χ1n) is 12.0. The van der Waals surface area contributed by atoms with E-state index >= 15 is 0 Å². The van der Waals surface area contributed by atoms with Gasteiger partial charge in [0.25, 0.3) is 26.1 Å². The highest BCUT2D eigenvalue weighted by Crippen LogP contribution is 2.55. The number of sulfonamides is 1. The number of aliphatic hydroxyl groups excluding tert-OH is 1. The summed E-state index contributed by atoms with van der Waals surface area (Å²) in [5.41, 5.74) is 0.458. The Morgan fingerprint density at radius 1 is 1.16 bits per heavy atom. The van der Waals surface area contributed by atoms with Crippen LogP contribution in [0.5, 0.6) is 0 Å². The number of hydrogen-bond acceptors (Lipinski definition) is 7. The Labute approximate surface area is 218 Å². The number of benzene rings is 2. The van der Waals surface area contributed by atoms with Crippen molar-refractivity contribution in [3.8, 4) is 0 Å². The molecule has 200 valence electrons. The molecule has 2 bridgehead atoms. The smallest absolute Gasteiger partial charge is 0.296 e. The summed E-state index contributed by atoms with van der Waals surface area (Å²) < 4.78 is 68.3. The zero-order valence-corrected chi connectivity index (χ0v) is 21.5. The van der Waals surface area contributed by atoms with Crippen molar-refractivity contribution in [2.24, 2.45) is 27.3 Å². The van der Waals surface area contributed by atoms with Crippen LogP contribution < -0.4 is 15.2 Å². The molecule has 2 aromatic carbocycles. The number of amides is 1. The third-order valence-corrected chi connectivity index (χ3v) is 9.60. The lowest BCUT2D eigenvalue weighted by molar-refractivity contribution is -0.134. The van der Waals surface area contributed by atoms with Crippen molar-refractivity contribution < 1.29 is 31.1 Å². The van der Waals surface area contributed by atoms with Crippen molar-refractivity contribution in [2.45, 2.75) is 36.7 Å². The maximum atomic E-state index is 13.9. The molecule has 11 nitrogen and oxygen atoms in total. The van der Waals surface area contributed by atoms with Crippen molar-refractivity contribution in [1.82, 2.24) is 4.90 Å². The summed E-state index contributed by atoms with van der Waals surface area (Å²) in [4.78, 5) is 15.2. The van der Waals surface area contributed by atoms with E-state index in [1.807, 2.05) is 4.72 Å². The first-order chi connectivity index (χ1) is 17.9. The average molecular weight is 562 g/mol. The van der Waals surface area contributed by atoms with E-state index in [1.165, 1.54) is 24.3 Å². The number of anilines is 2. The predicted octanol–water partition coefficient (Wildman–Crippen LogP) is 2.22. The van der Waals surface area contributed by atoms with E-state index in [0.29, 0.717) is 5.56 Å². The SMILES string of the molecule is NS(=O)(=O)Nc1ccc2c(c1)S(=O)(=O)N=C(C1=C(O)C3C([C@@H]4CC[C@H]3C4)N(Cc3ccc(F)cc3)C1=O)N2. The number of halogens is 1. The number of amidine groups is 1. The van der Waals surface area contributed by atoms with Crippen LogP contribution in [-0.2, 0) is 31.6 Å². The van der Waals surface area contributed by atoms with Gasteiger partial charge in [-0.05, 0) is 67.0 Å². The second kappa shape index (κ2) is 8.51. The summed E-state index contributed by atoms with van der Waals surface area (Å²) in [7, 11) is -8.53. The van der Waals surface area contributed by atoms with Gasteiger partial charge in [-0.15, -0.1) is 4.40 Å². The number of nitrogens with one attached hydrogen (secondary N) is 2. The summed E-state index contributed by atoms with van der Waals surface area (Å²) in [5, 5.41) is 19.2. The van der Waals surface area contributed by atoms with Crippen LogP contribution in [0.1, 0.15) is 24.8 Å². The van der Waals surface area contributed by atoms with Crippen LogP contribution in [0, 0.1) is 23.6 Å². The molecule has 4 atom stereocenters. The first kappa shape index (κ1) is 24.8. The van der Waals surface area contributed by atoms with Crippen molar-refractivity contribution in [2.75, 3.05) is 10.0 Å².